The van der Waals surface area contributed by atoms with Crippen molar-refractivity contribution in [2.45, 2.75) is 19.5 Å². The summed E-state index contributed by atoms with van der Waals surface area (Å²) in [4.78, 5) is 16.8. The van der Waals surface area contributed by atoms with E-state index in [1.807, 2.05) is 24.3 Å². The third-order valence-electron chi connectivity index (χ3n) is 3.83. The standard InChI is InChI=1S/C19H18F2N2O3S/c1-25-14-9-8-12(11-15(14)26-19(20)21)18(24)22-10-4-7-17-23-13-5-2-3-6-16(13)27-17/h2-3,5-6,8-9,11,19H,4,7,10H2,1H3,(H,22,24). The molecule has 27 heavy (non-hydrogen) atoms. The molecule has 1 N–H and O–H groups in total. The maximum Gasteiger partial charge on any atom is 0.387 e. The molecule has 0 radical (unpaired) electrons. The Labute approximate surface area is 158 Å². The molecule has 1 aromatic heterocycles. The molecule has 0 unspecified atom stereocenters. The minimum Gasteiger partial charge on any atom is -0.493 e. The van der Waals surface area contributed by atoms with Crippen LogP contribution in [-0.4, -0.2) is 31.2 Å². The number of nitrogens with zero attached hydrogens (tertiary/aromatic N) is 1. The van der Waals surface area contributed by atoms with E-state index in [1.54, 1.807) is 11.3 Å². The number of alkyl halides is 2. The molecule has 5 nitrogen and oxygen atoms in total. The predicted molar refractivity (Wildman–Crippen MR) is 99.9 cm³/mol. The second-order valence-electron chi connectivity index (χ2n) is 5.68. The lowest BCUT2D eigenvalue weighted by Gasteiger charge is -2.11. The molecule has 0 spiro atoms. The van der Waals surface area contributed by atoms with Crippen LogP contribution in [0.15, 0.2) is 42.5 Å². The van der Waals surface area contributed by atoms with Gasteiger partial charge in [0.25, 0.3) is 5.91 Å². The lowest BCUT2D eigenvalue weighted by molar-refractivity contribution is -0.0512. The average Bonchev–Trinajstić information content (AvgIpc) is 3.07. The Kier molecular flexibility index (Phi) is 6.18. The normalized spacial score (nSPS) is 11.0. The fraction of sp³-hybridized carbons (Fsp3) is 0.263. The number of carbonyl (C=O) groups excluding carboxylic acids is 1. The largest absolute Gasteiger partial charge is 0.493 e. The summed E-state index contributed by atoms with van der Waals surface area (Å²) < 4.78 is 35.4. The highest BCUT2D eigenvalue weighted by molar-refractivity contribution is 7.18. The summed E-state index contributed by atoms with van der Waals surface area (Å²) in [5.41, 5.74) is 1.21. The SMILES string of the molecule is COc1ccc(C(=O)NCCCc2nc3ccccc3s2)cc1OC(F)F. The van der Waals surface area contributed by atoms with Gasteiger partial charge in [-0.3, -0.25) is 4.79 Å². The van der Waals surface area contributed by atoms with Crippen LogP contribution >= 0.6 is 11.3 Å². The highest BCUT2D eigenvalue weighted by Gasteiger charge is 2.14. The van der Waals surface area contributed by atoms with E-state index in [4.69, 9.17) is 4.74 Å². The topological polar surface area (TPSA) is 60.5 Å². The summed E-state index contributed by atoms with van der Waals surface area (Å²) in [6.07, 6.45) is 1.48. The number of halogens is 2. The molecule has 0 bridgehead atoms. The average molecular weight is 392 g/mol. The quantitative estimate of drug-likeness (QED) is 0.582. The molecule has 0 fully saturated rings. The summed E-state index contributed by atoms with van der Waals surface area (Å²) in [6.45, 7) is -2.54. The number of benzene rings is 2. The van der Waals surface area contributed by atoms with E-state index in [-0.39, 0.29) is 23.0 Å². The van der Waals surface area contributed by atoms with Crippen LogP contribution in [0.3, 0.4) is 0 Å². The molecule has 1 amide bonds. The van der Waals surface area contributed by atoms with E-state index in [1.165, 1.54) is 25.3 Å². The van der Waals surface area contributed by atoms with Crippen LogP contribution in [0.1, 0.15) is 21.8 Å². The Morgan fingerprint density at radius 2 is 2.04 bits per heavy atom. The van der Waals surface area contributed by atoms with Crippen molar-refractivity contribution in [1.82, 2.24) is 10.3 Å². The molecule has 0 aliphatic rings. The number of aryl methyl sites for hydroxylation is 1. The molecule has 0 atom stereocenters. The van der Waals surface area contributed by atoms with Crippen LogP contribution in [0, 0.1) is 0 Å². The number of rotatable bonds is 8. The molecule has 0 aliphatic carbocycles. The predicted octanol–water partition coefficient (Wildman–Crippen LogP) is 4.27. The second-order valence-corrected chi connectivity index (χ2v) is 6.79. The zero-order chi connectivity index (χ0) is 19.2. The summed E-state index contributed by atoms with van der Waals surface area (Å²) in [5, 5.41) is 3.79. The van der Waals surface area contributed by atoms with E-state index >= 15 is 0 Å². The molecule has 0 saturated carbocycles. The summed E-state index contributed by atoms with van der Waals surface area (Å²) in [5.74, 6) is -0.390. The van der Waals surface area contributed by atoms with Gasteiger partial charge in [-0.15, -0.1) is 11.3 Å². The van der Waals surface area contributed by atoms with Crippen LogP contribution in [0.4, 0.5) is 8.78 Å². The van der Waals surface area contributed by atoms with Gasteiger partial charge in [0.05, 0.1) is 22.3 Å². The number of carbonyl (C=O) groups is 1. The Morgan fingerprint density at radius 3 is 2.78 bits per heavy atom. The minimum atomic E-state index is -2.99. The van der Waals surface area contributed by atoms with Gasteiger partial charge in [0.15, 0.2) is 11.5 Å². The number of amides is 1. The summed E-state index contributed by atoms with van der Waals surface area (Å²) in [7, 11) is 1.34. The number of thiazole rings is 1. The fourth-order valence-electron chi connectivity index (χ4n) is 2.58. The van der Waals surface area contributed by atoms with Crippen molar-refractivity contribution >= 4 is 27.5 Å². The first-order valence-electron chi connectivity index (χ1n) is 8.32. The summed E-state index contributed by atoms with van der Waals surface area (Å²) in [6, 6.07) is 12.1. The smallest absolute Gasteiger partial charge is 0.387 e. The van der Waals surface area contributed by atoms with Gasteiger partial charge >= 0.3 is 6.61 Å². The highest BCUT2D eigenvalue weighted by Crippen LogP contribution is 2.29. The third-order valence-corrected chi connectivity index (χ3v) is 4.93. The van der Waals surface area contributed by atoms with Crippen molar-refractivity contribution < 1.29 is 23.0 Å². The first kappa shape index (κ1) is 19.0. The van der Waals surface area contributed by atoms with Gasteiger partial charge in [-0.05, 0) is 36.8 Å². The van der Waals surface area contributed by atoms with E-state index in [9.17, 15) is 13.6 Å². The second kappa shape index (κ2) is 8.77. The number of ether oxygens (including phenoxy) is 2. The molecular formula is C19H18F2N2O3S. The minimum absolute atomic E-state index is 0.141. The van der Waals surface area contributed by atoms with Gasteiger partial charge in [0, 0.05) is 18.5 Å². The van der Waals surface area contributed by atoms with Crippen LogP contribution in [0.2, 0.25) is 0 Å². The first-order chi connectivity index (χ1) is 13.1. The van der Waals surface area contributed by atoms with Gasteiger partial charge in [-0.25, -0.2) is 4.98 Å². The number of para-hydroxylation sites is 1. The number of hydrogen-bond acceptors (Lipinski definition) is 5. The zero-order valence-electron chi connectivity index (χ0n) is 14.6. The molecule has 1 heterocycles. The molecule has 8 heteroatoms. The Bertz CT molecular complexity index is 897. The van der Waals surface area contributed by atoms with Gasteiger partial charge in [-0.2, -0.15) is 8.78 Å². The lowest BCUT2D eigenvalue weighted by Crippen LogP contribution is -2.24. The van der Waals surface area contributed by atoms with Gasteiger partial charge in [0.1, 0.15) is 0 Å². The monoisotopic (exact) mass is 392 g/mol. The number of aromatic nitrogens is 1. The fourth-order valence-corrected chi connectivity index (χ4v) is 3.59. The van der Waals surface area contributed by atoms with Crippen LogP contribution in [0.25, 0.3) is 10.2 Å². The maximum absolute atomic E-state index is 12.5. The van der Waals surface area contributed by atoms with E-state index < -0.39 is 6.61 Å². The number of fused-ring (bicyclic) bond motifs is 1. The van der Waals surface area contributed by atoms with Crippen molar-refractivity contribution in [2.24, 2.45) is 0 Å². The van der Waals surface area contributed by atoms with Crippen LogP contribution in [0.5, 0.6) is 11.5 Å². The molecular weight excluding hydrogens is 374 g/mol. The van der Waals surface area contributed by atoms with Crippen molar-refractivity contribution in [1.29, 1.82) is 0 Å². The van der Waals surface area contributed by atoms with Gasteiger partial charge in [0.2, 0.25) is 0 Å². The van der Waals surface area contributed by atoms with E-state index in [0.29, 0.717) is 6.54 Å². The Balaban J connectivity index is 1.54. The number of methoxy groups -OCH3 is 1. The maximum atomic E-state index is 12.5. The van der Waals surface area contributed by atoms with Crippen molar-refractivity contribution in [3.8, 4) is 11.5 Å². The zero-order valence-corrected chi connectivity index (χ0v) is 15.4. The molecule has 0 saturated heterocycles. The van der Waals surface area contributed by atoms with Crippen molar-refractivity contribution in [3.63, 3.8) is 0 Å². The Morgan fingerprint density at radius 1 is 1.22 bits per heavy atom. The lowest BCUT2D eigenvalue weighted by atomic mass is 10.2. The molecule has 3 aromatic rings. The van der Waals surface area contributed by atoms with E-state index in [0.717, 1.165) is 28.1 Å². The highest BCUT2D eigenvalue weighted by atomic mass is 32.1. The third kappa shape index (κ3) is 4.91. The first-order valence-corrected chi connectivity index (χ1v) is 9.14. The summed E-state index contributed by atoms with van der Waals surface area (Å²) >= 11 is 1.64. The Hall–Kier alpha value is -2.74. The number of hydrogen-bond donors (Lipinski definition) is 1. The van der Waals surface area contributed by atoms with Crippen LogP contribution in [-0.2, 0) is 6.42 Å². The van der Waals surface area contributed by atoms with Gasteiger partial charge < -0.3 is 14.8 Å². The van der Waals surface area contributed by atoms with E-state index in [2.05, 4.69) is 15.0 Å². The van der Waals surface area contributed by atoms with Crippen LogP contribution < -0.4 is 14.8 Å². The van der Waals surface area contributed by atoms with Crippen molar-refractivity contribution in [3.05, 3.63) is 53.0 Å². The molecule has 2 aromatic carbocycles. The number of nitrogens with one attached hydrogen (secondary N) is 1. The van der Waals surface area contributed by atoms with Gasteiger partial charge in [-0.1, -0.05) is 12.1 Å². The molecule has 0 aliphatic heterocycles. The molecule has 3 rings (SSSR count). The molecule has 142 valence electrons. The van der Waals surface area contributed by atoms with Crippen molar-refractivity contribution in [2.75, 3.05) is 13.7 Å².